The van der Waals surface area contributed by atoms with Gasteiger partial charge in [-0.05, 0) is 25.7 Å². The van der Waals surface area contributed by atoms with Crippen LogP contribution in [0.2, 0.25) is 0 Å². The molecule has 246 valence electrons. The second kappa shape index (κ2) is 28.9. The van der Waals surface area contributed by atoms with Crippen LogP contribution in [0.5, 0.6) is 0 Å². The molecule has 0 saturated carbocycles. The Balaban J connectivity index is 2.24. The molecule has 0 aromatic heterocycles. The fraction of sp³-hybridized carbons (Fsp3) is 0.854. The first-order chi connectivity index (χ1) is 20.7. The summed E-state index contributed by atoms with van der Waals surface area (Å²) in [6.07, 6.45) is 40.3. The van der Waals surface area contributed by atoms with Gasteiger partial charge in [-0.15, -0.1) is 0 Å². The van der Waals surface area contributed by atoms with Crippen LogP contribution in [0.4, 0.5) is 0 Å². The Labute approximate surface area is 266 Å². The monoisotopic (exact) mass is 585 g/mol. The molecule has 2 unspecified atom stereocenters. The van der Waals surface area contributed by atoms with Gasteiger partial charge in [-0.2, -0.15) is 0 Å². The summed E-state index contributed by atoms with van der Waals surface area (Å²) < 4.78 is 1.25. The third-order valence-corrected chi connectivity index (χ3v) is 10.1. The highest BCUT2D eigenvalue weighted by Crippen LogP contribution is 2.32. The lowest BCUT2D eigenvalue weighted by Crippen LogP contribution is -2.48. The summed E-state index contributed by atoms with van der Waals surface area (Å²) in [6, 6.07) is 12.1. The van der Waals surface area contributed by atoms with Crippen molar-refractivity contribution in [2.24, 2.45) is 0 Å². The molecule has 0 heterocycles. The first kappa shape index (κ1) is 39.2. The molecule has 0 aliphatic rings. The van der Waals surface area contributed by atoms with E-state index < -0.39 is 0 Å². The quantitative estimate of drug-likeness (QED) is 0.0583. The number of hydrogen-bond acceptors (Lipinski definition) is 0. The molecule has 1 rings (SSSR count). The van der Waals surface area contributed by atoms with Crippen molar-refractivity contribution < 1.29 is 4.48 Å². The smallest absolute Gasteiger partial charge is 0.114 e. The van der Waals surface area contributed by atoms with Crippen molar-refractivity contribution in [3.05, 3.63) is 35.9 Å². The summed E-state index contributed by atoms with van der Waals surface area (Å²) in [5.41, 5.74) is 1.56. The predicted octanol–water partition coefficient (Wildman–Crippen LogP) is 14.2. The maximum atomic E-state index is 2.59. The third kappa shape index (κ3) is 21.0. The van der Waals surface area contributed by atoms with Crippen molar-refractivity contribution >= 4 is 0 Å². The van der Waals surface area contributed by atoms with E-state index in [1.165, 1.54) is 197 Å². The molecule has 1 aromatic rings. The lowest BCUT2D eigenvalue weighted by Gasteiger charge is -2.42. The molecule has 0 aliphatic heterocycles. The summed E-state index contributed by atoms with van der Waals surface area (Å²) in [7, 11) is 2.59. The van der Waals surface area contributed by atoms with Crippen LogP contribution in [-0.4, -0.2) is 24.6 Å². The zero-order valence-electron chi connectivity index (χ0n) is 29.6. The minimum Gasteiger partial charge on any atom is -0.320 e. The number of hydrogen-bond donors (Lipinski definition) is 0. The van der Waals surface area contributed by atoms with Crippen molar-refractivity contribution in [3.63, 3.8) is 0 Å². The maximum absolute atomic E-state index is 2.59. The van der Waals surface area contributed by atoms with Crippen molar-refractivity contribution in [2.45, 2.75) is 207 Å². The summed E-state index contributed by atoms with van der Waals surface area (Å²) in [6.45, 7) is 9.74. The molecule has 1 aromatic carbocycles. The van der Waals surface area contributed by atoms with Crippen molar-refractivity contribution in [2.75, 3.05) is 20.1 Å². The van der Waals surface area contributed by atoms with Gasteiger partial charge in [0.25, 0.3) is 0 Å². The summed E-state index contributed by atoms with van der Waals surface area (Å²) in [5, 5.41) is 0. The van der Waals surface area contributed by atoms with E-state index in [4.69, 9.17) is 0 Å². The Bertz CT molecular complexity index is 654. The molecule has 1 nitrogen and oxygen atoms in total. The zero-order chi connectivity index (χ0) is 30.4. The molecule has 0 amide bonds. The SMILES string of the molecule is CCCCCCCCCCCCCCCCCC[N+](C)(CCCCCCCCCCCCC)C(CC)c1ccccc1. The van der Waals surface area contributed by atoms with E-state index in [0.29, 0.717) is 6.04 Å². The fourth-order valence-electron chi connectivity index (χ4n) is 7.29. The van der Waals surface area contributed by atoms with E-state index in [1.54, 1.807) is 5.56 Å². The molecular formula is C41H78N+. The second-order valence-corrected chi connectivity index (χ2v) is 14.1. The normalized spacial score (nSPS) is 13.8. The Morgan fingerprint density at radius 1 is 0.405 bits per heavy atom. The molecule has 42 heavy (non-hydrogen) atoms. The highest BCUT2D eigenvalue weighted by molar-refractivity contribution is 5.17. The number of quaternary nitrogens is 1. The first-order valence-electron chi connectivity index (χ1n) is 19.6. The van der Waals surface area contributed by atoms with E-state index in [0.717, 1.165) is 0 Å². The Kier molecular flexibility index (Phi) is 27.0. The standard InChI is InChI=1S/C41H78N/c1-5-8-10-12-14-16-18-19-20-21-22-24-26-28-30-35-39-42(4,41(7-3)40-36-32-31-33-37-40)38-34-29-27-25-23-17-15-13-11-9-6-2/h31-33,36-37,41H,5-30,34-35,38-39H2,1-4H3/q+1. The van der Waals surface area contributed by atoms with Gasteiger partial charge < -0.3 is 4.48 Å². The summed E-state index contributed by atoms with van der Waals surface area (Å²) in [5.74, 6) is 0. The highest BCUT2D eigenvalue weighted by Gasteiger charge is 2.31. The van der Waals surface area contributed by atoms with Crippen LogP contribution in [0.25, 0.3) is 0 Å². The van der Waals surface area contributed by atoms with Crippen LogP contribution in [0.3, 0.4) is 0 Å². The molecule has 0 fully saturated rings. The molecule has 0 radical (unpaired) electrons. The van der Waals surface area contributed by atoms with Gasteiger partial charge in [0.15, 0.2) is 0 Å². The van der Waals surface area contributed by atoms with Gasteiger partial charge in [0, 0.05) is 12.0 Å². The molecular weight excluding hydrogens is 506 g/mol. The van der Waals surface area contributed by atoms with Gasteiger partial charge in [0.05, 0.1) is 20.1 Å². The van der Waals surface area contributed by atoms with Crippen LogP contribution in [0.1, 0.15) is 212 Å². The van der Waals surface area contributed by atoms with Gasteiger partial charge in [-0.25, -0.2) is 0 Å². The molecule has 0 aliphatic carbocycles. The van der Waals surface area contributed by atoms with Gasteiger partial charge in [-0.3, -0.25) is 0 Å². The number of nitrogens with zero attached hydrogens (tertiary/aromatic N) is 1. The number of benzene rings is 1. The average molecular weight is 585 g/mol. The van der Waals surface area contributed by atoms with Crippen LogP contribution >= 0.6 is 0 Å². The van der Waals surface area contributed by atoms with Crippen LogP contribution < -0.4 is 0 Å². The fourth-order valence-corrected chi connectivity index (χ4v) is 7.29. The Hall–Kier alpha value is -0.820. The average Bonchev–Trinajstić information content (AvgIpc) is 3.00. The van der Waals surface area contributed by atoms with Crippen LogP contribution in [0, 0.1) is 0 Å². The lowest BCUT2D eigenvalue weighted by molar-refractivity contribution is -0.940. The second-order valence-electron chi connectivity index (χ2n) is 14.1. The summed E-state index contributed by atoms with van der Waals surface area (Å²) >= 11 is 0. The van der Waals surface area contributed by atoms with Crippen molar-refractivity contribution in [3.8, 4) is 0 Å². The van der Waals surface area contributed by atoms with Gasteiger partial charge in [0.1, 0.15) is 6.04 Å². The maximum Gasteiger partial charge on any atom is 0.114 e. The number of rotatable bonds is 32. The van der Waals surface area contributed by atoms with Gasteiger partial charge >= 0.3 is 0 Å². The van der Waals surface area contributed by atoms with Crippen molar-refractivity contribution in [1.29, 1.82) is 0 Å². The number of unbranched alkanes of at least 4 members (excludes halogenated alkanes) is 25. The molecule has 0 N–H and O–H groups in total. The van der Waals surface area contributed by atoms with E-state index in [2.05, 4.69) is 58.2 Å². The van der Waals surface area contributed by atoms with Gasteiger partial charge in [0.2, 0.25) is 0 Å². The van der Waals surface area contributed by atoms with Crippen LogP contribution in [0.15, 0.2) is 30.3 Å². The minimum atomic E-state index is 0.644. The molecule has 0 spiro atoms. The minimum absolute atomic E-state index is 0.644. The van der Waals surface area contributed by atoms with E-state index >= 15 is 0 Å². The van der Waals surface area contributed by atoms with E-state index in [-0.39, 0.29) is 0 Å². The molecule has 0 saturated heterocycles. The zero-order valence-corrected chi connectivity index (χ0v) is 29.6. The van der Waals surface area contributed by atoms with Crippen molar-refractivity contribution in [1.82, 2.24) is 0 Å². The summed E-state index contributed by atoms with van der Waals surface area (Å²) in [4.78, 5) is 0. The topological polar surface area (TPSA) is 0 Å². The Morgan fingerprint density at radius 3 is 0.976 bits per heavy atom. The largest absolute Gasteiger partial charge is 0.320 e. The van der Waals surface area contributed by atoms with Crippen LogP contribution in [-0.2, 0) is 0 Å². The molecule has 0 bridgehead atoms. The van der Waals surface area contributed by atoms with Gasteiger partial charge in [-0.1, -0.05) is 199 Å². The molecule has 1 heteroatoms. The highest BCUT2D eigenvalue weighted by atomic mass is 15.4. The lowest BCUT2D eigenvalue weighted by atomic mass is 9.98. The predicted molar refractivity (Wildman–Crippen MR) is 191 cm³/mol. The molecule has 2 atom stereocenters. The van der Waals surface area contributed by atoms with E-state index in [1.807, 2.05) is 0 Å². The van der Waals surface area contributed by atoms with E-state index in [9.17, 15) is 0 Å². The first-order valence-corrected chi connectivity index (χ1v) is 19.6. The Morgan fingerprint density at radius 2 is 0.690 bits per heavy atom. The third-order valence-electron chi connectivity index (χ3n) is 10.1.